The first-order valence-electron chi connectivity index (χ1n) is 13.8. The van der Waals surface area contributed by atoms with Crippen LogP contribution >= 0.6 is 0 Å². The number of likely N-dealkylation sites (tertiary alicyclic amines) is 1. The van der Waals surface area contributed by atoms with E-state index in [-0.39, 0.29) is 17.5 Å². The van der Waals surface area contributed by atoms with Crippen molar-refractivity contribution in [3.63, 3.8) is 0 Å². The minimum absolute atomic E-state index is 0.132. The quantitative estimate of drug-likeness (QED) is 0.428. The molecule has 0 saturated carbocycles. The van der Waals surface area contributed by atoms with E-state index in [9.17, 15) is 4.79 Å². The Morgan fingerprint density at radius 1 is 0.784 bits per heavy atom. The third kappa shape index (κ3) is 5.23. The van der Waals surface area contributed by atoms with Gasteiger partial charge in [-0.25, -0.2) is 0 Å². The van der Waals surface area contributed by atoms with Crippen LogP contribution in [0, 0.1) is 13.8 Å². The van der Waals surface area contributed by atoms with E-state index in [1.165, 1.54) is 11.1 Å². The molecule has 1 amide bonds. The number of piperazine rings is 1. The van der Waals surface area contributed by atoms with E-state index in [4.69, 9.17) is 0 Å². The first-order chi connectivity index (χ1) is 17.9. The number of carbonyl (C=O) groups excluding carboxylic acids is 1. The molecule has 4 nitrogen and oxygen atoms in total. The van der Waals surface area contributed by atoms with Crippen LogP contribution in [0.5, 0.6) is 0 Å². The second-order valence-corrected chi connectivity index (χ2v) is 11.3. The van der Waals surface area contributed by atoms with Gasteiger partial charge in [0.25, 0.3) is 5.91 Å². The molecule has 0 bridgehead atoms. The second-order valence-electron chi connectivity index (χ2n) is 11.3. The summed E-state index contributed by atoms with van der Waals surface area (Å²) in [5.74, 6) is 0.199. The molecule has 2 fully saturated rings. The minimum Gasteiger partial charge on any atom is -0.338 e. The molecule has 0 spiro atoms. The minimum atomic E-state index is 0.132. The van der Waals surface area contributed by atoms with Gasteiger partial charge in [-0.15, -0.1) is 0 Å². The van der Waals surface area contributed by atoms with E-state index in [0.29, 0.717) is 6.04 Å². The number of piperidine rings is 1. The number of hydrogen-bond acceptors (Lipinski definition) is 3. The maximum atomic E-state index is 13.4. The largest absolute Gasteiger partial charge is 0.338 e. The Balaban J connectivity index is 1.27. The van der Waals surface area contributed by atoms with Crippen molar-refractivity contribution in [2.24, 2.45) is 0 Å². The van der Waals surface area contributed by atoms with E-state index < -0.39 is 0 Å². The Hall–Kier alpha value is -2.95. The Morgan fingerprint density at radius 2 is 1.32 bits per heavy atom. The Morgan fingerprint density at radius 3 is 1.84 bits per heavy atom. The summed E-state index contributed by atoms with van der Waals surface area (Å²) in [6.07, 6.45) is 2.05. The van der Waals surface area contributed by atoms with Crippen LogP contribution in [0.1, 0.15) is 65.3 Å². The van der Waals surface area contributed by atoms with Gasteiger partial charge in [0, 0.05) is 49.9 Å². The molecule has 3 aromatic rings. The van der Waals surface area contributed by atoms with E-state index in [2.05, 4.69) is 89.2 Å². The molecule has 0 aliphatic carbocycles. The molecule has 2 saturated heterocycles. The number of aryl methyl sites for hydroxylation is 2. The van der Waals surface area contributed by atoms with E-state index in [1.54, 1.807) is 0 Å². The molecular weight excluding hydrogens is 454 g/mol. The van der Waals surface area contributed by atoms with Gasteiger partial charge in [0.2, 0.25) is 0 Å². The molecular formula is C33H41N3O. The van der Waals surface area contributed by atoms with Crippen molar-refractivity contribution in [1.82, 2.24) is 14.7 Å². The Bertz CT molecular complexity index is 1140. The van der Waals surface area contributed by atoms with Crippen LogP contribution < -0.4 is 0 Å². The van der Waals surface area contributed by atoms with Crippen molar-refractivity contribution >= 4 is 5.91 Å². The third-order valence-electron chi connectivity index (χ3n) is 8.83. The molecule has 0 unspecified atom stereocenters. The molecule has 194 valence electrons. The zero-order valence-electron chi connectivity index (χ0n) is 22.9. The smallest absolute Gasteiger partial charge is 0.254 e. The topological polar surface area (TPSA) is 26.8 Å². The van der Waals surface area contributed by atoms with Crippen LogP contribution in [0.4, 0.5) is 0 Å². The van der Waals surface area contributed by atoms with E-state index in [0.717, 1.165) is 62.3 Å². The van der Waals surface area contributed by atoms with Gasteiger partial charge in [-0.1, -0.05) is 78.9 Å². The summed E-state index contributed by atoms with van der Waals surface area (Å²) >= 11 is 0. The van der Waals surface area contributed by atoms with Crippen molar-refractivity contribution < 1.29 is 4.79 Å². The van der Waals surface area contributed by atoms with Gasteiger partial charge in [0.05, 0.1) is 6.04 Å². The highest BCUT2D eigenvalue weighted by Crippen LogP contribution is 2.36. The van der Waals surface area contributed by atoms with Crippen molar-refractivity contribution in [2.45, 2.75) is 58.2 Å². The fraction of sp³-hybridized carbons (Fsp3) is 0.424. The summed E-state index contributed by atoms with van der Waals surface area (Å²) in [6, 6.07) is 28.7. The molecule has 2 aliphatic heterocycles. The lowest BCUT2D eigenvalue weighted by Gasteiger charge is -2.53. The molecule has 3 aromatic carbocycles. The average Bonchev–Trinajstić information content (AvgIpc) is 2.91. The van der Waals surface area contributed by atoms with Crippen LogP contribution in [-0.4, -0.2) is 64.9 Å². The van der Waals surface area contributed by atoms with Gasteiger partial charge in [0.1, 0.15) is 0 Å². The van der Waals surface area contributed by atoms with Crippen molar-refractivity contribution in [1.29, 1.82) is 0 Å². The molecule has 0 radical (unpaired) electrons. The summed E-state index contributed by atoms with van der Waals surface area (Å²) in [7, 11) is 0. The molecule has 37 heavy (non-hydrogen) atoms. The number of carbonyl (C=O) groups is 1. The van der Waals surface area contributed by atoms with Crippen LogP contribution in [0.3, 0.4) is 0 Å². The molecule has 1 atom stereocenters. The van der Waals surface area contributed by atoms with Gasteiger partial charge in [-0.05, 0) is 62.8 Å². The normalized spacial score (nSPS) is 20.8. The SMILES string of the molecule is Cc1cccc(C)c1C(=O)N1CCC(C)(N2CCN(C(c3ccccc3)c3ccccc3)[C@@H](C)C2)CC1. The summed E-state index contributed by atoms with van der Waals surface area (Å²) in [5, 5.41) is 0. The fourth-order valence-electron chi connectivity index (χ4n) is 6.51. The number of amides is 1. The molecule has 5 rings (SSSR count). The lowest BCUT2D eigenvalue weighted by molar-refractivity contribution is -0.0252. The number of benzene rings is 3. The predicted octanol–water partition coefficient (Wildman–Crippen LogP) is 6.09. The zero-order chi connectivity index (χ0) is 26.0. The molecule has 0 aromatic heterocycles. The summed E-state index contributed by atoms with van der Waals surface area (Å²) < 4.78 is 0. The van der Waals surface area contributed by atoms with Crippen LogP contribution in [0.2, 0.25) is 0 Å². The van der Waals surface area contributed by atoms with Gasteiger partial charge in [-0.2, -0.15) is 0 Å². The number of rotatable bonds is 5. The number of nitrogens with zero attached hydrogens (tertiary/aromatic N) is 3. The standard InChI is InChI=1S/C33H41N3O/c1-25-12-11-13-26(2)30(25)32(37)34-20-18-33(4,19-21-34)35-22-23-36(27(3)24-35)31(28-14-7-5-8-15-28)29-16-9-6-10-17-29/h5-17,27,31H,18-24H2,1-4H3/t27-/m0/s1. The van der Waals surface area contributed by atoms with E-state index in [1.807, 2.05) is 32.0 Å². The van der Waals surface area contributed by atoms with Gasteiger partial charge < -0.3 is 4.90 Å². The summed E-state index contributed by atoms with van der Waals surface area (Å²) in [4.78, 5) is 20.8. The molecule has 2 heterocycles. The Labute approximate surface area is 222 Å². The highest BCUT2D eigenvalue weighted by atomic mass is 16.2. The van der Waals surface area contributed by atoms with Crippen LogP contribution in [-0.2, 0) is 0 Å². The summed E-state index contributed by atoms with van der Waals surface area (Å²) in [5.41, 5.74) is 5.90. The molecule has 0 N–H and O–H groups in total. The first kappa shape index (κ1) is 25.7. The van der Waals surface area contributed by atoms with Crippen molar-refractivity contribution in [3.05, 3.63) is 107 Å². The zero-order valence-corrected chi connectivity index (χ0v) is 22.9. The monoisotopic (exact) mass is 495 g/mol. The van der Waals surface area contributed by atoms with Crippen LogP contribution in [0.15, 0.2) is 78.9 Å². The second kappa shape index (κ2) is 10.8. The Kier molecular flexibility index (Phi) is 7.50. The average molecular weight is 496 g/mol. The van der Waals surface area contributed by atoms with Gasteiger partial charge >= 0.3 is 0 Å². The lowest BCUT2D eigenvalue weighted by Crippen LogP contribution is -2.62. The van der Waals surface area contributed by atoms with Crippen molar-refractivity contribution in [3.8, 4) is 0 Å². The highest BCUT2D eigenvalue weighted by molar-refractivity contribution is 5.97. The maximum Gasteiger partial charge on any atom is 0.254 e. The molecule has 4 heteroatoms. The number of hydrogen-bond donors (Lipinski definition) is 0. The van der Waals surface area contributed by atoms with E-state index >= 15 is 0 Å². The lowest BCUT2D eigenvalue weighted by atomic mass is 9.85. The fourth-order valence-corrected chi connectivity index (χ4v) is 6.51. The maximum absolute atomic E-state index is 13.4. The predicted molar refractivity (Wildman–Crippen MR) is 152 cm³/mol. The molecule has 2 aliphatic rings. The van der Waals surface area contributed by atoms with Crippen molar-refractivity contribution in [2.75, 3.05) is 32.7 Å². The van der Waals surface area contributed by atoms with Gasteiger partial charge in [0.15, 0.2) is 0 Å². The first-order valence-corrected chi connectivity index (χ1v) is 13.8. The third-order valence-corrected chi connectivity index (χ3v) is 8.83. The summed E-state index contributed by atoms with van der Waals surface area (Å²) in [6.45, 7) is 13.7. The highest BCUT2D eigenvalue weighted by Gasteiger charge is 2.41. The van der Waals surface area contributed by atoms with Crippen LogP contribution in [0.25, 0.3) is 0 Å². The van der Waals surface area contributed by atoms with Gasteiger partial charge in [-0.3, -0.25) is 14.6 Å².